The Morgan fingerprint density at radius 2 is 1.74 bits per heavy atom. The SMILES string of the molecule is Cc1ccc(S(=O)(=O)Oc2cc(Br)cc(Br)n2)cc1. The molecule has 0 bridgehead atoms. The van der Waals surface area contributed by atoms with Crippen molar-refractivity contribution in [3.63, 3.8) is 0 Å². The molecule has 0 amide bonds. The van der Waals surface area contributed by atoms with E-state index >= 15 is 0 Å². The lowest BCUT2D eigenvalue weighted by Gasteiger charge is -2.07. The predicted molar refractivity (Wildman–Crippen MR) is 78.6 cm³/mol. The van der Waals surface area contributed by atoms with Gasteiger partial charge in [-0.15, -0.1) is 0 Å². The van der Waals surface area contributed by atoms with E-state index in [1.807, 2.05) is 6.92 Å². The molecule has 0 unspecified atom stereocenters. The molecule has 2 aromatic rings. The first-order valence-corrected chi connectivity index (χ1v) is 8.20. The minimum absolute atomic E-state index is 0.00169. The minimum atomic E-state index is -3.87. The maximum absolute atomic E-state index is 12.0. The molecule has 1 heterocycles. The summed E-state index contributed by atoms with van der Waals surface area (Å²) in [5.41, 5.74) is 0.974. The smallest absolute Gasteiger partial charge is 0.340 e. The second-order valence-corrected chi connectivity index (χ2v) is 7.07. The highest BCUT2D eigenvalue weighted by Crippen LogP contribution is 2.24. The Balaban J connectivity index is 2.33. The van der Waals surface area contributed by atoms with Gasteiger partial charge in [0.1, 0.15) is 9.50 Å². The van der Waals surface area contributed by atoms with E-state index in [2.05, 4.69) is 36.8 Å². The fraction of sp³-hybridized carbons (Fsp3) is 0.0833. The van der Waals surface area contributed by atoms with Crippen molar-refractivity contribution < 1.29 is 12.6 Å². The normalized spacial score (nSPS) is 11.3. The highest BCUT2D eigenvalue weighted by Gasteiger charge is 2.17. The number of halogens is 2. The van der Waals surface area contributed by atoms with Crippen molar-refractivity contribution in [2.75, 3.05) is 0 Å². The number of benzene rings is 1. The monoisotopic (exact) mass is 405 g/mol. The summed E-state index contributed by atoms with van der Waals surface area (Å²) in [4.78, 5) is 4.04. The van der Waals surface area contributed by atoms with Gasteiger partial charge in [-0.3, -0.25) is 0 Å². The molecule has 19 heavy (non-hydrogen) atoms. The van der Waals surface area contributed by atoms with Crippen LogP contribution in [0.5, 0.6) is 5.88 Å². The summed E-state index contributed by atoms with van der Waals surface area (Å²) in [5, 5.41) is 0. The van der Waals surface area contributed by atoms with Gasteiger partial charge in [-0.25, -0.2) is 4.98 Å². The molecule has 0 saturated heterocycles. The maximum Gasteiger partial charge on any atom is 0.340 e. The van der Waals surface area contributed by atoms with Gasteiger partial charge in [0.25, 0.3) is 0 Å². The van der Waals surface area contributed by atoms with Gasteiger partial charge in [-0.1, -0.05) is 33.6 Å². The molecule has 1 aromatic carbocycles. The van der Waals surface area contributed by atoms with Crippen molar-refractivity contribution in [1.29, 1.82) is 0 Å². The third-order valence-electron chi connectivity index (χ3n) is 2.24. The van der Waals surface area contributed by atoms with Crippen LogP contribution in [0, 0.1) is 6.92 Å². The summed E-state index contributed by atoms with van der Waals surface area (Å²) in [6, 6.07) is 9.58. The Bertz CT molecular complexity index is 679. The maximum atomic E-state index is 12.0. The number of aromatic nitrogens is 1. The van der Waals surface area contributed by atoms with E-state index < -0.39 is 10.1 Å². The molecule has 0 N–H and O–H groups in total. The van der Waals surface area contributed by atoms with Crippen molar-refractivity contribution in [3.05, 3.63) is 51.0 Å². The summed E-state index contributed by atoms with van der Waals surface area (Å²) < 4.78 is 30.2. The fourth-order valence-electron chi connectivity index (χ4n) is 1.35. The number of rotatable bonds is 3. The Morgan fingerprint density at radius 1 is 1.11 bits per heavy atom. The van der Waals surface area contributed by atoms with Crippen LogP contribution in [0.3, 0.4) is 0 Å². The molecule has 0 aliphatic heterocycles. The van der Waals surface area contributed by atoms with Crippen molar-refractivity contribution in [1.82, 2.24) is 4.98 Å². The molecule has 0 aliphatic rings. The van der Waals surface area contributed by atoms with Crippen LogP contribution in [0.1, 0.15) is 5.56 Å². The number of nitrogens with zero attached hydrogens (tertiary/aromatic N) is 1. The van der Waals surface area contributed by atoms with Gasteiger partial charge >= 0.3 is 10.1 Å². The number of pyridine rings is 1. The zero-order valence-corrected chi connectivity index (χ0v) is 13.8. The number of hydrogen-bond donors (Lipinski definition) is 0. The van der Waals surface area contributed by atoms with Gasteiger partial charge in [0.05, 0.1) is 0 Å². The van der Waals surface area contributed by atoms with Crippen molar-refractivity contribution in [2.24, 2.45) is 0 Å². The van der Waals surface area contributed by atoms with Gasteiger partial charge in [-0.05, 0) is 41.1 Å². The van der Waals surface area contributed by atoms with Gasteiger partial charge in [0.15, 0.2) is 0 Å². The quantitative estimate of drug-likeness (QED) is 0.576. The predicted octanol–water partition coefficient (Wildman–Crippen LogP) is 3.68. The standard InChI is InChI=1S/C12H9Br2NO3S/c1-8-2-4-10(5-3-8)19(16,17)18-12-7-9(13)6-11(14)15-12/h2-7H,1H3. The Morgan fingerprint density at radius 3 is 2.32 bits per heavy atom. The molecule has 0 spiro atoms. The molecule has 4 nitrogen and oxygen atoms in total. The molecule has 1 aromatic heterocycles. The highest BCUT2D eigenvalue weighted by atomic mass is 79.9. The van der Waals surface area contributed by atoms with Crippen LogP contribution < -0.4 is 4.18 Å². The molecule has 0 saturated carbocycles. The molecule has 2 rings (SSSR count). The number of hydrogen-bond acceptors (Lipinski definition) is 4. The van der Waals surface area contributed by atoms with Crippen molar-refractivity contribution in [3.8, 4) is 5.88 Å². The zero-order chi connectivity index (χ0) is 14.0. The fourth-order valence-corrected chi connectivity index (χ4v) is 3.37. The molecule has 0 aliphatic carbocycles. The second-order valence-electron chi connectivity index (χ2n) is 3.80. The third kappa shape index (κ3) is 3.77. The van der Waals surface area contributed by atoms with Crippen LogP contribution in [0.15, 0.2) is 50.4 Å². The van der Waals surface area contributed by atoms with Crippen molar-refractivity contribution >= 4 is 42.0 Å². The largest absolute Gasteiger partial charge is 0.358 e. The molecule has 0 radical (unpaired) electrons. The third-order valence-corrected chi connectivity index (χ3v) is 4.34. The molecule has 0 atom stereocenters. The van der Waals surface area contributed by atoms with Crippen molar-refractivity contribution in [2.45, 2.75) is 11.8 Å². The van der Waals surface area contributed by atoms with E-state index in [-0.39, 0.29) is 10.8 Å². The van der Waals surface area contributed by atoms with Gasteiger partial charge in [0.2, 0.25) is 5.88 Å². The Kier molecular flexibility index (Phi) is 4.27. The summed E-state index contributed by atoms with van der Waals surface area (Å²) in [7, 11) is -3.87. The van der Waals surface area contributed by atoms with Crippen LogP contribution in [0.4, 0.5) is 0 Å². The molecule has 100 valence electrons. The van der Waals surface area contributed by atoms with E-state index in [9.17, 15) is 8.42 Å². The molecule has 7 heteroatoms. The zero-order valence-electron chi connectivity index (χ0n) is 9.80. The van der Waals surface area contributed by atoms with Crippen LogP contribution in [0.2, 0.25) is 0 Å². The molecular formula is C12H9Br2NO3S. The van der Waals surface area contributed by atoms with Gasteiger partial charge in [0, 0.05) is 10.5 Å². The summed E-state index contributed by atoms with van der Waals surface area (Å²) >= 11 is 6.41. The van der Waals surface area contributed by atoms with Crippen LogP contribution in [-0.4, -0.2) is 13.4 Å². The van der Waals surface area contributed by atoms with E-state index in [1.54, 1.807) is 18.2 Å². The summed E-state index contributed by atoms with van der Waals surface area (Å²) in [6.07, 6.45) is 0. The first-order valence-electron chi connectivity index (χ1n) is 5.21. The first-order chi connectivity index (χ1) is 8.87. The molecule has 0 fully saturated rings. The first kappa shape index (κ1) is 14.5. The van der Waals surface area contributed by atoms with E-state index in [0.29, 0.717) is 9.08 Å². The second kappa shape index (κ2) is 5.60. The van der Waals surface area contributed by atoms with Crippen LogP contribution >= 0.6 is 31.9 Å². The lowest BCUT2D eigenvalue weighted by molar-refractivity contribution is 0.475. The lowest BCUT2D eigenvalue weighted by Crippen LogP contribution is -2.10. The van der Waals surface area contributed by atoms with E-state index in [4.69, 9.17) is 4.18 Å². The van der Waals surface area contributed by atoms with Gasteiger partial charge < -0.3 is 4.18 Å². The average molecular weight is 407 g/mol. The van der Waals surface area contributed by atoms with Crippen LogP contribution in [-0.2, 0) is 10.1 Å². The highest BCUT2D eigenvalue weighted by molar-refractivity contribution is 9.11. The van der Waals surface area contributed by atoms with E-state index in [1.165, 1.54) is 18.2 Å². The summed E-state index contributed by atoms with van der Waals surface area (Å²) in [5.74, 6) is 0.00169. The lowest BCUT2D eigenvalue weighted by atomic mass is 10.2. The number of aryl methyl sites for hydroxylation is 1. The van der Waals surface area contributed by atoms with Crippen LogP contribution in [0.25, 0.3) is 0 Å². The Labute approximate surface area is 128 Å². The molecular weight excluding hydrogens is 398 g/mol. The minimum Gasteiger partial charge on any atom is -0.358 e. The summed E-state index contributed by atoms with van der Waals surface area (Å²) in [6.45, 7) is 1.88. The topological polar surface area (TPSA) is 56.3 Å². The van der Waals surface area contributed by atoms with E-state index in [0.717, 1.165) is 5.56 Å². The average Bonchev–Trinajstić information content (AvgIpc) is 2.27. The Hall–Kier alpha value is -0.920. The van der Waals surface area contributed by atoms with Gasteiger partial charge in [-0.2, -0.15) is 8.42 Å².